The molecule has 0 aliphatic heterocycles. The molecule has 0 spiro atoms. The summed E-state index contributed by atoms with van der Waals surface area (Å²) in [5.41, 5.74) is 6.56. The SMILES string of the molecule is COc1cc(C#N)ccc1-n1c2ccc(C(C)(C)C)cc2c2cc(C(C)(C)C)ccc21. The largest absolute Gasteiger partial charge is 0.495 e. The van der Waals surface area contributed by atoms with Crippen LogP contribution in [0.3, 0.4) is 0 Å². The zero-order chi connectivity index (χ0) is 22.6. The number of hydrogen-bond donors (Lipinski definition) is 0. The monoisotopic (exact) mass is 410 g/mol. The summed E-state index contributed by atoms with van der Waals surface area (Å²) in [5, 5.41) is 11.8. The Labute approximate surface area is 184 Å². The van der Waals surface area contributed by atoms with Gasteiger partial charge in [0.15, 0.2) is 0 Å². The molecule has 0 amide bonds. The molecular weight excluding hydrogens is 380 g/mol. The van der Waals surface area contributed by atoms with Crippen LogP contribution in [-0.4, -0.2) is 11.7 Å². The number of benzene rings is 3. The summed E-state index contributed by atoms with van der Waals surface area (Å²) in [6.45, 7) is 13.5. The van der Waals surface area contributed by atoms with Crippen LogP contribution in [0.2, 0.25) is 0 Å². The van der Waals surface area contributed by atoms with Crippen LogP contribution in [-0.2, 0) is 10.8 Å². The first-order valence-electron chi connectivity index (χ1n) is 10.7. The van der Waals surface area contributed by atoms with Crippen molar-refractivity contribution < 1.29 is 4.74 Å². The average Bonchev–Trinajstić information content (AvgIpc) is 3.05. The van der Waals surface area contributed by atoms with Crippen LogP contribution in [0.4, 0.5) is 0 Å². The molecule has 31 heavy (non-hydrogen) atoms. The molecular formula is C28H30N2O. The lowest BCUT2D eigenvalue weighted by molar-refractivity contribution is 0.413. The van der Waals surface area contributed by atoms with Gasteiger partial charge in [0.1, 0.15) is 5.75 Å². The molecule has 3 heteroatoms. The van der Waals surface area contributed by atoms with Crippen LogP contribution in [0.5, 0.6) is 5.75 Å². The molecule has 0 fully saturated rings. The lowest BCUT2D eigenvalue weighted by atomic mass is 9.85. The molecule has 0 saturated heterocycles. The van der Waals surface area contributed by atoms with Gasteiger partial charge < -0.3 is 9.30 Å². The predicted octanol–water partition coefficient (Wildman–Crippen LogP) is 7.26. The highest BCUT2D eigenvalue weighted by atomic mass is 16.5. The maximum atomic E-state index is 9.32. The van der Waals surface area contributed by atoms with Crippen molar-refractivity contribution in [1.29, 1.82) is 5.26 Å². The van der Waals surface area contributed by atoms with Crippen molar-refractivity contribution >= 4 is 21.8 Å². The molecule has 3 aromatic carbocycles. The van der Waals surface area contributed by atoms with E-state index in [1.54, 1.807) is 13.2 Å². The lowest BCUT2D eigenvalue weighted by Crippen LogP contribution is -2.10. The van der Waals surface area contributed by atoms with Gasteiger partial charge in [-0.3, -0.25) is 0 Å². The first kappa shape index (κ1) is 21.0. The van der Waals surface area contributed by atoms with Crippen LogP contribution >= 0.6 is 0 Å². The maximum Gasteiger partial charge on any atom is 0.144 e. The Morgan fingerprint density at radius 3 is 1.68 bits per heavy atom. The fraction of sp³-hybridized carbons (Fsp3) is 0.321. The van der Waals surface area contributed by atoms with E-state index in [9.17, 15) is 5.26 Å². The average molecular weight is 411 g/mol. The third-order valence-corrected chi connectivity index (χ3v) is 6.05. The topological polar surface area (TPSA) is 37.9 Å². The molecule has 1 aromatic heterocycles. The van der Waals surface area contributed by atoms with Gasteiger partial charge in [-0.2, -0.15) is 5.26 Å². The number of ether oxygens (including phenoxy) is 1. The number of hydrogen-bond acceptors (Lipinski definition) is 2. The molecule has 0 radical (unpaired) electrons. The third kappa shape index (κ3) is 3.57. The van der Waals surface area contributed by atoms with E-state index in [0.717, 1.165) is 16.7 Å². The minimum Gasteiger partial charge on any atom is -0.495 e. The molecule has 4 rings (SSSR count). The number of nitrogens with zero attached hydrogens (tertiary/aromatic N) is 2. The summed E-state index contributed by atoms with van der Waals surface area (Å²) in [5.74, 6) is 0.692. The quantitative estimate of drug-likeness (QED) is 0.349. The summed E-state index contributed by atoms with van der Waals surface area (Å²) >= 11 is 0. The minimum atomic E-state index is 0.0659. The number of fused-ring (bicyclic) bond motifs is 3. The highest BCUT2D eigenvalue weighted by Crippen LogP contribution is 2.39. The van der Waals surface area contributed by atoms with Gasteiger partial charge in [0.25, 0.3) is 0 Å². The fourth-order valence-corrected chi connectivity index (χ4v) is 4.15. The zero-order valence-corrected chi connectivity index (χ0v) is 19.5. The summed E-state index contributed by atoms with van der Waals surface area (Å²) < 4.78 is 7.95. The van der Waals surface area contributed by atoms with Crippen molar-refractivity contribution in [2.75, 3.05) is 7.11 Å². The smallest absolute Gasteiger partial charge is 0.144 e. The van der Waals surface area contributed by atoms with Gasteiger partial charge in [-0.15, -0.1) is 0 Å². The van der Waals surface area contributed by atoms with Crippen molar-refractivity contribution in [1.82, 2.24) is 4.57 Å². The lowest BCUT2D eigenvalue weighted by Gasteiger charge is -2.19. The van der Waals surface area contributed by atoms with E-state index in [2.05, 4.69) is 88.6 Å². The predicted molar refractivity (Wildman–Crippen MR) is 129 cm³/mol. The van der Waals surface area contributed by atoms with E-state index in [1.807, 2.05) is 12.1 Å². The van der Waals surface area contributed by atoms with Crippen molar-refractivity contribution in [3.63, 3.8) is 0 Å². The number of methoxy groups -OCH3 is 1. The van der Waals surface area contributed by atoms with E-state index in [-0.39, 0.29) is 10.8 Å². The van der Waals surface area contributed by atoms with E-state index in [4.69, 9.17) is 4.74 Å². The van der Waals surface area contributed by atoms with Gasteiger partial charge >= 0.3 is 0 Å². The van der Waals surface area contributed by atoms with Crippen LogP contribution in [0.1, 0.15) is 58.2 Å². The molecule has 0 aliphatic rings. The normalized spacial score (nSPS) is 12.3. The van der Waals surface area contributed by atoms with Gasteiger partial charge in [0, 0.05) is 16.8 Å². The molecule has 0 saturated carbocycles. The number of rotatable bonds is 2. The standard InChI is InChI=1S/C28H30N2O/c1-27(2,3)19-9-12-23-21(15-19)22-16-20(28(4,5)6)10-13-24(22)30(23)25-11-8-18(17-29)14-26(25)31-7/h8-16H,1-7H3. The van der Waals surface area contributed by atoms with Gasteiger partial charge in [0.05, 0.1) is 35.5 Å². The fourth-order valence-electron chi connectivity index (χ4n) is 4.15. The number of aromatic nitrogens is 1. The van der Waals surface area contributed by atoms with Crippen molar-refractivity contribution in [2.45, 2.75) is 52.4 Å². The van der Waals surface area contributed by atoms with Crippen LogP contribution < -0.4 is 4.74 Å². The van der Waals surface area contributed by atoms with Gasteiger partial charge in [0.2, 0.25) is 0 Å². The molecule has 0 N–H and O–H groups in total. The first-order valence-corrected chi connectivity index (χ1v) is 10.7. The molecule has 1 heterocycles. The van der Waals surface area contributed by atoms with E-state index < -0.39 is 0 Å². The van der Waals surface area contributed by atoms with Crippen molar-refractivity contribution in [3.8, 4) is 17.5 Å². The van der Waals surface area contributed by atoms with E-state index in [1.165, 1.54) is 21.9 Å². The summed E-state index contributed by atoms with van der Waals surface area (Å²) in [6, 6.07) is 21.4. The summed E-state index contributed by atoms with van der Waals surface area (Å²) in [4.78, 5) is 0. The highest BCUT2D eigenvalue weighted by molar-refractivity contribution is 6.10. The molecule has 3 nitrogen and oxygen atoms in total. The molecule has 0 bridgehead atoms. The Morgan fingerprint density at radius 1 is 0.742 bits per heavy atom. The Bertz CT molecular complexity index is 1270. The second-order valence-electron chi connectivity index (χ2n) is 10.3. The highest BCUT2D eigenvalue weighted by Gasteiger charge is 2.21. The van der Waals surface area contributed by atoms with E-state index >= 15 is 0 Å². The van der Waals surface area contributed by atoms with Crippen LogP contribution in [0, 0.1) is 11.3 Å². The Hall–Kier alpha value is -3.25. The summed E-state index contributed by atoms with van der Waals surface area (Å²) in [7, 11) is 1.66. The second kappa shape index (κ2) is 7.17. The molecule has 0 atom stereocenters. The van der Waals surface area contributed by atoms with Crippen LogP contribution in [0.25, 0.3) is 27.5 Å². The zero-order valence-electron chi connectivity index (χ0n) is 19.5. The number of nitriles is 1. The van der Waals surface area contributed by atoms with E-state index in [0.29, 0.717) is 11.3 Å². The first-order chi connectivity index (χ1) is 14.5. The Kier molecular flexibility index (Phi) is 4.85. The van der Waals surface area contributed by atoms with Crippen LogP contribution in [0.15, 0.2) is 54.6 Å². The molecule has 0 unspecified atom stereocenters. The molecule has 0 aliphatic carbocycles. The van der Waals surface area contributed by atoms with Gasteiger partial charge in [-0.1, -0.05) is 53.7 Å². The molecule has 4 aromatic rings. The molecule has 158 valence electrons. The Morgan fingerprint density at radius 2 is 1.26 bits per heavy atom. The Balaban J connectivity index is 2.14. The minimum absolute atomic E-state index is 0.0659. The maximum absolute atomic E-state index is 9.32. The van der Waals surface area contributed by atoms with Crippen molar-refractivity contribution in [2.24, 2.45) is 0 Å². The van der Waals surface area contributed by atoms with Gasteiger partial charge in [-0.25, -0.2) is 0 Å². The third-order valence-electron chi connectivity index (χ3n) is 6.05. The second-order valence-corrected chi connectivity index (χ2v) is 10.3. The van der Waals surface area contributed by atoms with Gasteiger partial charge in [-0.05, 0) is 58.4 Å². The summed E-state index contributed by atoms with van der Waals surface area (Å²) in [6.07, 6.45) is 0. The van der Waals surface area contributed by atoms with Crippen molar-refractivity contribution in [3.05, 3.63) is 71.3 Å².